The first kappa shape index (κ1) is 9.84. The lowest BCUT2D eigenvalue weighted by Crippen LogP contribution is -2.24. The van der Waals surface area contributed by atoms with Gasteiger partial charge >= 0.3 is 0 Å². The number of sulfonamides is 1. The highest BCUT2D eigenvalue weighted by molar-refractivity contribution is 7.89. The minimum absolute atomic E-state index is 0.00842. The van der Waals surface area contributed by atoms with Crippen LogP contribution in [0.15, 0.2) is 23.1 Å². The molecule has 17 heavy (non-hydrogen) atoms. The van der Waals surface area contributed by atoms with Crippen molar-refractivity contribution in [2.45, 2.75) is 23.9 Å². The molecule has 0 radical (unpaired) electrons. The molecule has 0 fully saturated rings. The van der Waals surface area contributed by atoms with E-state index in [1.54, 1.807) is 0 Å². The second kappa shape index (κ2) is 5.01. The van der Waals surface area contributed by atoms with Crippen LogP contribution in [0.1, 0.15) is 22.6 Å². The van der Waals surface area contributed by atoms with Crippen LogP contribution in [0.2, 0.25) is 0 Å². The second-order valence-electron chi connectivity index (χ2n) is 3.43. The van der Waals surface area contributed by atoms with Crippen molar-refractivity contribution in [1.29, 1.82) is 0 Å². The molecule has 96 valence electrons. The highest BCUT2D eigenvalue weighted by Crippen LogP contribution is 2.27. The zero-order valence-corrected chi connectivity index (χ0v) is 9.94. The van der Waals surface area contributed by atoms with E-state index in [4.69, 9.17) is 19.7 Å². The van der Waals surface area contributed by atoms with Crippen LogP contribution in [0.3, 0.4) is 0 Å². The Bertz CT molecular complexity index is 589. The molecule has 0 bridgehead atoms. The van der Waals surface area contributed by atoms with Gasteiger partial charge in [-0.05, 0) is 24.5 Å². The number of aliphatic hydroxyl groups excluding tert-OH is 1. The van der Waals surface area contributed by atoms with Crippen LogP contribution in [0.25, 0.3) is 0 Å². The molecular weight excluding hydrogens is 244 g/mol. The molecule has 0 aliphatic heterocycles. The van der Waals surface area contributed by atoms with Gasteiger partial charge in [0.05, 0.1) is 13.2 Å². The fourth-order valence-electron chi connectivity index (χ4n) is 1.31. The average molecular weight is 263 g/mol. The predicted octanol–water partition coefficient (Wildman–Crippen LogP) is -0.277. The quantitative estimate of drug-likeness (QED) is 0.691. The maximum atomic E-state index is 11.4. The highest BCUT2D eigenvalue weighted by Gasteiger charge is 2.19. The van der Waals surface area contributed by atoms with E-state index in [-0.39, 0.29) is 16.2 Å². The van der Waals surface area contributed by atoms with E-state index < -0.39 is 29.0 Å². The lowest BCUT2D eigenvalue weighted by molar-refractivity contribution is 0.153. The van der Waals surface area contributed by atoms with Crippen LogP contribution in [-0.4, -0.2) is 26.7 Å². The third kappa shape index (κ3) is 3.16. The molecule has 0 aromatic heterocycles. The minimum atomic E-state index is -4.08. The van der Waals surface area contributed by atoms with Crippen molar-refractivity contribution < 1.29 is 22.4 Å². The van der Waals surface area contributed by atoms with E-state index in [9.17, 15) is 13.5 Å². The van der Waals surface area contributed by atoms with Crippen LogP contribution in [-0.2, 0) is 10.0 Å². The Hall–Kier alpha value is -1.15. The minimum Gasteiger partial charge on any atom is -0.495 e. The third-order valence-corrected chi connectivity index (χ3v) is 3.11. The largest absolute Gasteiger partial charge is 0.495 e. The van der Waals surface area contributed by atoms with Crippen LogP contribution >= 0.6 is 0 Å². The summed E-state index contributed by atoms with van der Waals surface area (Å²) in [7, 11) is -2.82. The first-order valence-electron chi connectivity index (χ1n) is 6.13. The molecule has 0 aliphatic carbocycles. The molecule has 0 amide bonds. The van der Waals surface area contributed by atoms with E-state index in [1.165, 1.54) is 19.2 Å². The number of methoxy groups -OCH3 is 1. The summed E-state index contributed by atoms with van der Waals surface area (Å²) in [5.74, 6) is -0.00842. The second-order valence-corrected chi connectivity index (χ2v) is 4.96. The summed E-state index contributed by atoms with van der Waals surface area (Å²) < 4.78 is 49.2. The maximum Gasteiger partial charge on any atom is 0.241 e. The van der Waals surface area contributed by atoms with Crippen molar-refractivity contribution >= 4 is 10.0 Å². The van der Waals surface area contributed by atoms with Crippen LogP contribution in [0.4, 0.5) is 0 Å². The first-order chi connectivity index (χ1) is 8.98. The number of aliphatic hydroxyl groups is 1. The smallest absolute Gasteiger partial charge is 0.241 e. The molecule has 5 N–H and O–H groups in total. The molecular formula is C10H16N2O4S. The van der Waals surface area contributed by atoms with Gasteiger partial charge in [-0.1, -0.05) is 6.07 Å². The van der Waals surface area contributed by atoms with Crippen molar-refractivity contribution in [1.82, 2.24) is 0 Å². The number of ether oxygens (including phenoxy) is 1. The van der Waals surface area contributed by atoms with Gasteiger partial charge in [-0.2, -0.15) is 0 Å². The van der Waals surface area contributed by atoms with E-state index in [2.05, 4.69) is 0 Å². The van der Waals surface area contributed by atoms with Gasteiger partial charge < -0.3 is 15.6 Å². The van der Waals surface area contributed by atoms with Gasteiger partial charge in [-0.3, -0.25) is 0 Å². The Kier molecular flexibility index (Phi) is 2.90. The van der Waals surface area contributed by atoms with Crippen molar-refractivity contribution in [2.24, 2.45) is 10.9 Å². The molecule has 0 saturated heterocycles. The standard InChI is InChI=1S/C10H16N2O4S/c1-6(11)10(13)7-3-4-8(16-2)9(5-7)17(12,14)15/h3-6,10,13H,11H2,1-2H3,(H2,12,14,15)/i1D3. The van der Waals surface area contributed by atoms with Crippen LogP contribution in [0.5, 0.6) is 5.75 Å². The van der Waals surface area contributed by atoms with E-state index in [1.807, 2.05) is 0 Å². The van der Waals surface area contributed by atoms with Crippen molar-refractivity contribution in [3.05, 3.63) is 23.8 Å². The van der Waals surface area contributed by atoms with Crippen LogP contribution < -0.4 is 15.6 Å². The molecule has 2 unspecified atom stereocenters. The molecule has 0 heterocycles. The van der Waals surface area contributed by atoms with Gasteiger partial charge in [0.1, 0.15) is 10.6 Å². The molecule has 1 aromatic rings. The van der Waals surface area contributed by atoms with E-state index in [0.29, 0.717) is 0 Å². The summed E-state index contributed by atoms with van der Waals surface area (Å²) in [6, 6.07) is 2.09. The number of rotatable bonds is 4. The Morgan fingerprint density at radius 2 is 2.18 bits per heavy atom. The van der Waals surface area contributed by atoms with Gasteiger partial charge in [0.2, 0.25) is 10.0 Å². The topological polar surface area (TPSA) is 116 Å². The molecule has 6 nitrogen and oxygen atoms in total. The SMILES string of the molecule is [2H]C([2H])([2H])C(N)C(O)c1ccc(OC)c(S(N)(=O)=O)c1. The highest BCUT2D eigenvalue weighted by atomic mass is 32.2. The Labute approximate surface area is 104 Å². The van der Waals surface area contributed by atoms with Crippen molar-refractivity contribution in [2.75, 3.05) is 7.11 Å². The summed E-state index contributed by atoms with van der Waals surface area (Å²) in [5.41, 5.74) is 5.46. The summed E-state index contributed by atoms with van der Waals surface area (Å²) >= 11 is 0. The lowest BCUT2D eigenvalue weighted by Gasteiger charge is -2.16. The molecule has 1 rings (SSSR count). The third-order valence-electron chi connectivity index (χ3n) is 2.18. The molecule has 2 atom stereocenters. The number of nitrogens with two attached hydrogens (primary N) is 2. The zero-order chi connectivity index (χ0) is 15.7. The zero-order valence-electron chi connectivity index (χ0n) is 12.1. The average Bonchev–Trinajstić information content (AvgIpc) is 2.34. The predicted molar refractivity (Wildman–Crippen MR) is 63.0 cm³/mol. The van der Waals surface area contributed by atoms with Gasteiger partial charge in [0.25, 0.3) is 0 Å². The summed E-state index contributed by atoms with van der Waals surface area (Å²) in [6.45, 7) is -2.58. The van der Waals surface area contributed by atoms with Gasteiger partial charge in [0.15, 0.2) is 0 Å². The molecule has 7 heteroatoms. The summed E-state index contributed by atoms with van der Waals surface area (Å²) in [5, 5.41) is 14.9. The Morgan fingerprint density at radius 3 is 2.65 bits per heavy atom. The summed E-state index contributed by atoms with van der Waals surface area (Å²) in [6.07, 6.45) is -1.56. The lowest BCUT2D eigenvalue weighted by atomic mass is 10.0. The van der Waals surface area contributed by atoms with Crippen molar-refractivity contribution in [3.8, 4) is 5.75 Å². The Balaban J connectivity index is 3.29. The Morgan fingerprint density at radius 1 is 1.53 bits per heavy atom. The van der Waals surface area contributed by atoms with E-state index >= 15 is 0 Å². The number of primary sulfonamides is 1. The normalized spacial score (nSPS) is 18.7. The number of benzene rings is 1. The molecule has 1 aromatic carbocycles. The first-order valence-corrected chi connectivity index (χ1v) is 6.17. The summed E-state index contributed by atoms with van der Waals surface area (Å²) in [4.78, 5) is -0.353. The van der Waals surface area contributed by atoms with Gasteiger partial charge in [-0.15, -0.1) is 0 Å². The molecule has 0 aliphatic rings. The van der Waals surface area contributed by atoms with Gasteiger partial charge in [0, 0.05) is 10.2 Å². The van der Waals surface area contributed by atoms with Crippen LogP contribution in [0, 0.1) is 0 Å². The number of hydrogen-bond acceptors (Lipinski definition) is 5. The van der Waals surface area contributed by atoms with Crippen molar-refractivity contribution in [3.63, 3.8) is 0 Å². The van der Waals surface area contributed by atoms with E-state index in [0.717, 1.165) is 6.07 Å². The monoisotopic (exact) mass is 263 g/mol. The molecule has 0 saturated carbocycles. The fraction of sp³-hybridized carbons (Fsp3) is 0.400. The fourth-order valence-corrected chi connectivity index (χ4v) is 2.04. The van der Waals surface area contributed by atoms with Gasteiger partial charge in [-0.25, -0.2) is 13.6 Å². The molecule has 0 spiro atoms. The number of hydrogen-bond donors (Lipinski definition) is 3. The maximum absolute atomic E-state index is 11.4.